The van der Waals surface area contributed by atoms with E-state index in [1.54, 1.807) is 24.3 Å². The molecular formula is C22H23N5O3. The molecule has 2 N–H and O–H groups in total. The number of aryl methyl sites for hydroxylation is 1. The van der Waals surface area contributed by atoms with E-state index in [9.17, 15) is 14.4 Å². The van der Waals surface area contributed by atoms with E-state index in [0.717, 1.165) is 22.4 Å². The molecule has 1 fully saturated rings. The van der Waals surface area contributed by atoms with Gasteiger partial charge in [0.05, 0.1) is 17.6 Å². The van der Waals surface area contributed by atoms with Crippen molar-refractivity contribution in [2.75, 3.05) is 11.9 Å². The molecule has 1 saturated heterocycles. The number of benzene rings is 2. The lowest BCUT2D eigenvalue weighted by Gasteiger charge is -2.14. The van der Waals surface area contributed by atoms with Crippen molar-refractivity contribution in [3.63, 3.8) is 0 Å². The molecule has 1 aliphatic heterocycles. The molecule has 1 aliphatic rings. The first kappa shape index (κ1) is 19.6. The normalized spacial score (nSPS) is 13.8. The van der Waals surface area contributed by atoms with Crippen molar-refractivity contribution in [2.24, 2.45) is 0 Å². The number of nitrogens with zero attached hydrogens (tertiary/aromatic N) is 3. The average Bonchev–Trinajstić information content (AvgIpc) is 3.22. The van der Waals surface area contributed by atoms with E-state index in [-0.39, 0.29) is 37.2 Å². The first-order valence-corrected chi connectivity index (χ1v) is 9.90. The predicted molar refractivity (Wildman–Crippen MR) is 113 cm³/mol. The number of likely N-dealkylation sites (tertiary alicyclic amines) is 1. The lowest BCUT2D eigenvalue weighted by Crippen LogP contribution is -2.31. The second-order valence-corrected chi connectivity index (χ2v) is 7.25. The zero-order valence-corrected chi connectivity index (χ0v) is 16.7. The van der Waals surface area contributed by atoms with Gasteiger partial charge < -0.3 is 15.2 Å². The highest BCUT2D eigenvalue weighted by Crippen LogP contribution is 2.18. The van der Waals surface area contributed by atoms with Crippen LogP contribution in [0.2, 0.25) is 0 Å². The molecule has 2 aromatic carbocycles. The molecule has 0 aliphatic carbocycles. The summed E-state index contributed by atoms with van der Waals surface area (Å²) < 4.78 is 2.07. The summed E-state index contributed by atoms with van der Waals surface area (Å²) in [6, 6.07) is 14.7. The molecule has 30 heavy (non-hydrogen) atoms. The van der Waals surface area contributed by atoms with Gasteiger partial charge in [-0.3, -0.25) is 14.5 Å². The van der Waals surface area contributed by atoms with Crippen molar-refractivity contribution in [2.45, 2.75) is 32.9 Å². The van der Waals surface area contributed by atoms with Crippen LogP contribution in [0.3, 0.4) is 0 Å². The third kappa shape index (κ3) is 4.17. The molecule has 8 nitrogen and oxygen atoms in total. The summed E-state index contributed by atoms with van der Waals surface area (Å²) in [5.74, 6) is 0.633. The number of fused-ring (bicyclic) bond motifs is 1. The second-order valence-electron chi connectivity index (χ2n) is 7.25. The van der Waals surface area contributed by atoms with Crippen LogP contribution in [0, 0.1) is 6.92 Å². The van der Waals surface area contributed by atoms with E-state index in [1.807, 2.05) is 31.2 Å². The largest absolute Gasteiger partial charge is 0.336 e. The monoisotopic (exact) mass is 405 g/mol. The van der Waals surface area contributed by atoms with Gasteiger partial charge in [0, 0.05) is 31.6 Å². The quantitative estimate of drug-likeness (QED) is 0.617. The molecule has 8 heteroatoms. The number of rotatable bonds is 6. The molecule has 3 aromatic rings. The molecular weight excluding hydrogens is 382 g/mol. The van der Waals surface area contributed by atoms with Gasteiger partial charge in [-0.25, -0.2) is 9.78 Å². The van der Waals surface area contributed by atoms with Crippen LogP contribution >= 0.6 is 0 Å². The Balaban J connectivity index is 1.28. The summed E-state index contributed by atoms with van der Waals surface area (Å²) in [5, 5.41) is 5.64. The predicted octanol–water partition coefficient (Wildman–Crippen LogP) is 2.82. The smallest absolute Gasteiger partial charge is 0.319 e. The fourth-order valence-corrected chi connectivity index (χ4v) is 3.61. The van der Waals surface area contributed by atoms with Gasteiger partial charge in [0.2, 0.25) is 11.8 Å². The Morgan fingerprint density at radius 3 is 2.47 bits per heavy atom. The number of imide groups is 1. The number of amides is 4. The van der Waals surface area contributed by atoms with E-state index in [4.69, 9.17) is 0 Å². The number of hydrogen-bond donors (Lipinski definition) is 2. The summed E-state index contributed by atoms with van der Waals surface area (Å²) in [6.07, 6.45) is 0.570. The van der Waals surface area contributed by atoms with Gasteiger partial charge >= 0.3 is 6.03 Å². The number of anilines is 1. The molecule has 2 heterocycles. The summed E-state index contributed by atoms with van der Waals surface area (Å²) in [4.78, 5) is 41.4. The van der Waals surface area contributed by atoms with Crippen molar-refractivity contribution in [3.8, 4) is 0 Å². The Labute approximate surface area is 173 Å². The van der Waals surface area contributed by atoms with Crippen LogP contribution in [0.15, 0.2) is 48.5 Å². The fraction of sp³-hybridized carbons (Fsp3) is 0.273. The maximum atomic E-state index is 12.2. The number of hydrogen-bond acceptors (Lipinski definition) is 4. The second kappa shape index (κ2) is 8.36. The fourth-order valence-electron chi connectivity index (χ4n) is 3.61. The van der Waals surface area contributed by atoms with Gasteiger partial charge in [-0.15, -0.1) is 0 Å². The minimum Gasteiger partial charge on any atom is -0.336 e. The van der Waals surface area contributed by atoms with Crippen LogP contribution in [0.25, 0.3) is 11.0 Å². The maximum absolute atomic E-state index is 12.2. The third-order valence-corrected chi connectivity index (χ3v) is 5.17. The van der Waals surface area contributed by atoms with Crippen molar-refractivity contribution in [3.05, 3.63) is 59.9 Å². The van der Waals surface area contributed by atoms with Gasteiger partial charge in [0.1, 0.15) is 5.82 Å². The van der Waals surface area contributed by atoms with Crippen molar-refractivity contribution >= 4 is 34.6 Å². The van der Waals surface area contributed by atoms with Crippen LogP contribution in [0.4, 0.5) is 10.5 Å². The molecule has 0 saturated carbocycles. The maximum Gasteiger partial charge on any atom is 0.319 e. The summed E-state index contributed by atoms with van der Waals surface area (Å²) in [7, 11) is 0. The van der Waals surface area contributed by atoms with Gasteiger partial charge in [-0.1, -0.05) is 24.3 Å². The minimum absolute atomic E-state index is 0.137. The first-order chi connectivity index (χ1) is 14.5. The standard InChI is InChI=1S/C22H23N5O3/c1-15-24-18-4-2-3-5-19(18)26(15)13-12-23-22(30)25-17-8-6-16(7-9-17)14-27-20(28)10-11-21(27)29/h2-9H,10-14H2,1H3,(H2,23,25,30). The topological polar surface area (TPSA) is 96.3 Å². The number of aromatic nitrogens is 2. The van der Waals surface area contributed by atoms with Crippen molar-refractivity contribution in [1.29, 1.82) is 0 Å². The van der Waals surface area contributed by atoms with E-state index in [1.165, 1.54) is 4.90 Å². The zero-order valence-electron chi connectivity index (χ0n) is 16.7. The Hall–Kier alpha value is -3.68. The van der Waals surface area contributed by atoms with Crippen LogP contribution in [0.1, 0.15) is 24.2 Å². The van der Waals surface area contributed by atoms with E-state index >= 15 is 0 Å². The van der Waals surface area contributed by atoms with Crippen LogP contribution < -0.4 is 10.6 Å². The molecule has 0 unspecified atom stereocenters. The van der Waals surface area contributed by atoms with Gasteiger partial charge in [-0.05, 0) is 36.8 Å². The summed E-state index contributed by atoms with van der Waals surface area (Å²) >= 11 is 0. The highest BCUT2D eigenvalue weighted by molar-refractivity contribution is 6.01. The molecule has 0 spiro atoms. The van der Waals surface area contributed by atoms with Crippen LogP contribution in [-0.2, 0) is 22.7 Å². The van der Waals surface area contributed by atoms with Gasteiger partial charge in [-0.2, -0.15) is 0 Å². The SMILES string of the molecule is Cc1nc2ccccc2n1CCNC(=O)Nc1ccc(CN2C(=O)CCC2=O)cc1. The Morgan fingerprint density at radius 1 is 1.03 bits per heavy atom. The Kier molecular flexibility index (Phi) is 5.47. The average molecular weight is 405 g/mol. The lowest BCUT2D eigenvalue weighted by molar-refractivity contribution is -0.139. The Morgan fingerprint density at radius 2 is 1.73 bits per heavy atom. The third-order valence-electron chi connectivity index (χ3n) is 5.17. The highest BCUT2D eigenvalue weighted by atomic mass is 16.2. The zero-order chi connectivity index (χ0) is 21.1. The number of urea groups is 1. The highest BCUT2D eigenvalue weighted by Gasteiger charge is 2.28. The number of para-hydroxylation sites is 2. The van der Waals surface area contributed by atoms with Gasteiger partial charge in [0.15, 0.2) is 0 Å². The molecule has 4 amide bonds. The lowest BCUT2D eigenvalue weighted by atomic mass is 10.2. The molecule has 0 bridgehead atoms. The molecule has 0 atom stereocenters. The summed E-state index contributed by atoms with van der Waals surface area (Å²) in [5.41, 5.74) is 3.46. The number of carbonyl (C=O) groups excluding carboxylic acids is 3. The molecule has 4 rings (SSSR count). The number of nitrogens with one attached hydrogen (secondary N) is 2. The molecule has 0 radical (unpaired) electrons. The number of imidazole rings is 1. The Bertz CT molecular complexity index is 1090. The molecule has 1 aromatic heterocycles. The van der Waals surface area contributed by atoms with E-state index < -0.39 is 0 Å². The van der Waals surface area contributed by atoms with Crippen molar-refractivity contribution in [1.82, 2.24) is 19.8 Å². The van der Waals surface area contributed by atoms with Crippen LogP contribution in [-0.4, -0.2) is 38.8 Å². The van der Waals surface area contributed by atoms with Crippen LogP contribution in [0.5, 0.6) is 0 Å². The van der Waals surface area contributed by atoms with E-state index in [0.29, 0.717) is 18.8 Å². The minimum atomic E-state index is -0.297. The first-order valence-electron chi connectivity index (χ1n) is 9.90. The molecule has 154 valence electrons. The van der Waals surface area contributed by atoms with E-state index in [2.05, 4.69) is 20.2 Å². The number of carbonyl (C=O) groups is 3. The van der Waals surface area contributed by atoms with Gasteiger partial charge in [0.25, 0.3) is 0 Å². The van der Waals surface area contributed by atoms with Crippen molar-refractivity contribution < 1.29 is 14.4 Å². The summed E-state index contributed by atoms with van der Waals surface area (Å²) in [6.45, 7) is 3.30.